The van der Waals surface area contributed by atoms with E-state index in [0.29, 0.717) is 29.0 Å². The summed E-state index contributed by atoms with van der Waals surface area (Å²) in [5.74, 6) is -0.147. The van der Waals surface area contributed by atoms with Gasteiger partial charge in [0.2, 0.25) is 5.91 Å². The molecule has 1 aliphatic heterocycles. The maximum Gasteiger partial charge on any atom is 0.239 e. The summed E-state index contributed by atoms with van der Waals surface area (Å²) in [6.07, 6.45) is 0. The Balaban J connectivity index is 2.15. The number of carbonyl (C=O) groups excluding carboxylic acids is 2. The van der Waals surface area contributed by atoms with Gasteiger partial charge in [0.1, 0.15) is 6.04 Å². The van der Waals surface area contributed by atoms with Crippen LogP contribution in [0, 0.1) is 0 Å². The number of ketones is 1. The highest BCUT2D eigenvalue weighted by Crippen LogP contribution is 2.24. The van der Waals surface area contributed by atoms with E-state index in [9.17, 15) is 9.59 Å². The molecule has 110 valence electrons. The molecule has 1 aliphatic rings. The van der Waals surface area contributed by atoms with E-state index in [0.717, 1.165) is 0 Å². The summed E-state index contributed by atoms with van der Waals surface area (Å²) in [5, 5.41) is 2.61. The van der Waals surface area contributed by atoms with E-state index in [1.165, 1.54) is 11.3 Å². The Bertz CT molecular complexity index is 506. The Morgan fingerprint density at radius 2 is 2.30 bits per heavy atom. The molecule has 1 amide bonds. The quantitative estimate of drug-likeness (QED) is 0.854. The lowest BCUT2D eigenvalue weighted by atomic mass is 10.1. The SMILES string of the molecule is CNC(=O)C1COCCN1C(C)C(=O)c1ccc(Cl)s1. The number of hydrogen-bond donors (Lipinski definition) is 1. The van der Waals surface area contributed by atoms with Crippen molar-refractivity contribution in [3.8, 4) is 0 Å². The van der Waals surface area contributed by atoms with Gasteiger partial charge in [-0.05, 0) is 19.1 Å². The molecular weight excluding hydrogens is 300 g/mol. The van der Waals surface area contributed by atoms with Gasteiger partial charge in [-0.2, -0.15) is 0 Å². The Kier molecular flexibility index (Phi) is 5.15. The molecule has 0 bridgehead atoms. The topological polar surface area (TPSA) is 58.6 Å². The van der Waals surface area contributed by atoms with E-state index in [2.05, 4.69) is 5.32 Å². The van der Waals surface area contributed by atoms with E-state index >= 15 is 0 Å². The standard InChI is InChI=1S/C13H17ClN2O3S/c1-8(12(17)10-3-4-11(14)20-10)16-5-6-19-7-9(16)13(18)15-2/h3-4,8-9H,5-7H2,1-2H3,(H,15,18). The second-order valence-electron chi connectivity index (χ2n) is 4.59. The third-order valence-electron chi connectivity index (χ3n) is 3.41. The number of amides is 1. The van der Waals surface area contributed by atoms with Crippen LogP contribution < -0.4 is 5.32 Å². The highest BCUT2D eigenvalue weighted by atomic mass is 35.5. The minimum atomic E-state index is -0.428. The second kappa shape index (κ2) is 6.67. The van der Waals surface area contributed by atoms with Gasteiger partial charge in [-0.1, -0.05) is 11.6 Å². The highest BCUT2D eigenvalue weighted by molar-refractivity contribution is 7.18. The van der Waals surface area contributed by atoms with Crippen molar-refractivity contribution in [2.75, 3.05) is 26.8 Å². The number of Topliss-reactive ketones (excluding diaryl/α,β-unsaturated/α-hetero) is 1. The number of carbonyl (C=O) groups is 2. The molecular formula is C13H17ClN2O3S. The van der Waals surface area contributed by atoms with Crippen LogP contribution >= 0.6 is 22.9 Å². The summed E-state index contributed by atoms with van der Waals surface area (Å²) < 4.78 is 5.93. The zero-order valence-corrected chi connectivity index (χ0v) is 13.0. The number of nitrogens with one attached hydrogen (secondary N) is 1. The smallest absolute Gasteiger partial charge is 0.239 e. The fraction of sp³-hybridized carbons (Fsp3) is 0.538. The van der Waals surface area contributed by atoms with E-state index in [-0.39, 0.29) is 17.7 Å². The molecule has 2 rings (SSSR count). The van der Waals surface area contributed by atoms with Gasteiger partial charge in [-0.25, -0.2) is 0 Å². The number of halogens is 1. The maximum absolute atomic E-state index is 12.5. The lowest BCUT2D eigenvalue weighted by molar-refractivity contribution is -0.132. The van der Waals surface area contributed by atoms with Gasteiger partial charge in [0.25, 0.3) is 0 Å². The number of rotatable bonds is 4. The third kappa shape index (κ3) is 3.20. The molecule has 20 heavy (non-hydrogen) atoms. The maximum atomic E-state index is 12.5. The molecule has 0 saturated carbocycles. The Morgan fingerprint density at radius 1 is 1.55 bits per heavy atom. The molecule has 0 radical (unpaired) electrons. The van der Waals surface area contributed by atoms with Crippen LogP contribution in [0.3, 0.4) is 0 Å². The van der Waals surface area contributed by atoms with E-state index < -0.39 is 6.04 Å². The molecule has 0 aromatic carbocycles. The molecule has 2 unspecified atom stereocenters. The first kappa shape index (κ1) is 15.4. The van der Waals surface area contributed by atoms with Crippen molar-refractivity contribution in [2.45, 2.75) is 19.0 Å². The van der Waals surface area contributed by atoms with Crippen LogP contribution in [0.5, 0.6) is 0 Å². The first-order valence-corrected chi connectivity index (χ1v) is 7.58. The average molecular weight is 317 g/mol. The second-order valence-corrected chi connectivity index (χ2v) is 6.30. The molecule has 1 aromatic rings. The molecule has 0 aliphatic carbocycles. The molecule has 1 aromatic heterocycles. The third-order valence-corrected chi connectivity index (χ3v) is 4.66. The molecule has 1 saturated heterocycles. The van der Waals surface area contributed by atoms with Crippen LogP contribution in [0.25, 0.3) is 0 Å². The molecule has 0 spiro atoms. The van der Waals surface area contributed by atoms with Crippen molar-refractivity contribution in [1.29, 1.82) is 0 Å². The predicted octanol–water partition coefficient (Wildman–Crippen LogP) is 1.42. The van der Waals surface area contributed by atoms with Crippen molar-refractivity contribution in [2.24, 2.45) is 0 Å². The normalized spacial score (nSPS) is 21.4. The molecule has 7 heteroatoms. The van der Waals surface area contributed by atoms with E-state index in [4.69, 9.17) is 16.3 Å². The van der Waals surface area contributed by atoms with Gasteiger partial charge in [0.15, 0.2) is 5.78 Å². The molecule has 1 fully saturated rings. The first-order chi connectivity index (χ1) is 9.54. The van der Waals surface area contributed by atoms with Gasteiger partial charge in [0, 0.05) is 13.6 Å². The van der Waals surface area contributed by atoms with Gasteiger partial charge in [-0.15, -0.1) is 11.3 Å². The van der Waals surface area contributed by atoms with Gasteiger partial charge in [0.05, 0.1) is 28.5 Å². The van der Waals surface area contributed by atoms with Gasteiger partial charge >= 0.3 is 0 Å². The zero-order valence-electron chi connectivity index (χ0n) is 11.4. The highest BCUT2D eigenvalue weighted by Gasteiger charge is 2.35. The van der Waals surface area contributed by atoms with Crippen molar-refractivity contribution in [3.05, 3.63) is 21.3 Å². The van der Waals surface area contributed by atoms with Crippen molar-refractivity contribution >= 4 is 34.6 Å². The summed E-state index contributed by atoms with van der Waals surface area (Å²) >= 11 is 7.13. The van der Waals surface area contributed by atoms with Crippen LogP contribution in [0.4, 0.5) is 0 Å². The molecule has 2 heterocycles. The lowest BCUT2D eigenvalue weighted by Gasteiger charge is -2.37. The summed E-state index contributed by atoms with van der Waals surface area (Å²) in [6, 6.07) is 2.63. The fourth-order valence-electron chi connectivity index (χ4n) is 2.28. The monoisotopic (exact) mass is 316 g/mol. The largest absolute Gasteiger partial charge is 0.378 e. The van der Waals surface area contributed by atoms with Crippen LogP contribution in [0.1, 0.15) is 16.6 Å². The number of hydrogen-bond acceptors (Lipinski definition) is 5. The lowest BCUT2D eigenvalue weighted by Crippen LogP contribution is -2.57. The molecule has 5 nitrogen and oxygen atoms in total. The first-order valence-electron chi connectivity index (χ1n) is 6.39. The summed E-state index contributed by atoms with van der Waals surface area (Å²) in [4.78, 5) is 26.8. The van der Waals surface area contributed by atoms with E-state index in [1.54, 1.807) is 19.2 Å². The van der Waals surface area contributed by atoms with Crippen LogP contribution in [-0.2, 0) is 9.53 Å². The van der Waals surface area contributed by atoms with Gasteiger partial charge in [-0.3, -0.25) is 14.5 Å². The molecule has 1 N–H and O–H groups in total. The number of likely N-dealkylation sites (N-methyl/N-ethyl adjacent to an activating group) is 1. The number of nitrogens with zero attached hydrogens (tertiary/aromatic N) is 1. The van der Waals surface area contributed by atoms with E-state index in [1.807, 2.05) is 11.8 Å². The van der Waals surface area contributed by atoms with Crippen LogP contribution in [0.2, 0.25) is 4.34 Å². The van der Waals surface area contributed by atoms with Crippen molar-refractivity contribution in [1.82, 2.24) is 10.2 Å². The van der Waals surface area contributed by atoms with Crippen LogP contribution in [0.15, 0.2) is 12.1 Å². The van der Waals surface area contributed by atoms with Crippen molar-refractivity contribution in [3.63, 3.8) is 0 Å². The summed E-state index contributed by atoms with van der Waals surface area (Å²) in [5.41, 5.74) is 0. The Morgan fingerprint density at radius 3 is 2.90 bits per heavy atom. The van der Waals surface area contributed by atoms with Crippen molar-refractivity contribution < 1.29 is 14.3 Å². The minimum absolute atomic E-state index is 0.0160. The minimum Gasteiger partial charge on any atom is -0.378 e. The zero-order chi connectivity index (χ0) is 14.7. The Labute approximate surface area is 126 Å². The summed E-state index contributed by atoms with van der Waals surface area (Å²) in [6.45, 7) is 3.21. The summed E-state index contributed by atoms with van der Waals surface area (Å²) in [7, 11) is 1.58. The number of ether oxygens (including phenoxy) is 1. The number of morpholine rings is 1. The van der Waals surface area contributed by atoms with Crippen LogP contribution in [-0.4, -0.2) is 55.5 Å². The fourth-order valence-corrected chi connectivity index (χ4v) is 3.34. The Hall–Kier alpha value is -0.950. The van der Waals surface area contributed by atoms with Gasteiger partial charge < -0.3 is 10.1 Å². The predicted molar refractivity (Wildman–Crippen MR) is 78.5 cm³/mol. The molecule has 2 atom stereocenters. The number of thiophene rings is 1. The average Bonchev–Trinajstić information content (AvgIpc) is 2.91.